The standard InChI is InChI=1S/C21H31N5O6S/c1-13(2)9-14(11-19(27)26-30)20(28)25-18(21(29)23-7-8-33(22,31)32)10-15-12-24-17-6-4-3-5-16(15)17/h3-6,12-14,18,24,30H,7-11H2,1-2H3,(H,23,29)(H,25,28)(H,26,27)(H2,22,31,32)/t14-,18+/m1/s1. The molecule has 0 spiro atoms. The van der Waals surface area contributed by atoms with Crippen LogP contribution in [0.15, 0.2) is 30.5 Å². The monoisotopic (exact) mass is 481 g/mol. The zero-order valence-corrected chi connectivity index (χ0v) is 19.4. The highest BCUT2D eigenvalue weighted by atomic mass is 32.2. The molecule has 0 saturated heterocycles. The van der Waals surface area contributed by atoms with Gasteiger partial charge in [-0.15, -0.1) is 0 Å². The second-order valence-corrected chi connectivity index (χ2v) is 10.1. The minimum absolute atomic E-state index is 0.0860. The van der Waals surface area contributed by atoms with Crippen LogP contribution >= 0.6 is 0 Å². The van der Waals surface area contributed by atoms with Crippen LogP contribution in [0.4, 0.5) is 0 Å². The van der Waals surface area contributed by atoms with Crippen LogP contribution in [0.5, 0.6) is 0 Å². The van der Waals surface area contributed by atoms with Crippen molar-refractivity contribution in [3.05, 3.63) is 36.0 Å². The number of rotatable bonds is 12. The molecule has 1 aromatic heterocycles. The zero-order valence-electron chi connectivity index (χ0n) is 18.6. The topological polar surface area (TPSA) is 183 Å². The lowest BCUT2D eigenvalue weighted by atomic mass is 9.92. The lowest BCUT2D eigenvalue weighted by Gasteiger charge is -2.23. The predicted octanol–water partition coefficient (Wildman–Crippen LogP) is 0.158. The molecule has 0 unspecified atom stereocenters. The molecule has 0 aliphatic heterocycles. The molecule has 1 heterocycles. The summed E-state index contributed by atoms with van der Waals surface area (Å²) in [6, 6.07) is 6.46. The largest absolute Gasteiger partial charge is 0.361 e. The minimum Gasteiger partial charge on any atom is -0.361 e. The Bertz CT molecular complexity index is 1080. The van der Waals surface area contributed by atoms with E-state index < -0.39 is 45.5 Å². The van der Waals surface area contributed by atoms with Gasteiger partial charge in [0.25, 0.3) is 0 Å². The van der Waals surface area contributed by atoms with Gasteiger partial charge in [-0.1, -0.05) is 32.0 Å². The Balaban J connectivity index is 2.23. The van der Waals surface area contributed by atoms with Crippen molar-refractivity contribution in [1.29, 1.82) is 0 Å². The smallest absolute Gasteiger partial charge is 0.244 e. The summed E-state index contributed by atoms with van der Waals surface area (Å²) in [4.78, 5) is 40.6. The maximum Gasteiger partial charge on any atom is 0.244 e. The van der Waals surface area contributed by atoms with Crippen LogP contribution in [0.1, 0.15) is 32.3 Å². The van der Waals surface area contributed by atoms with E-state index in [9.17, 15) is 22.8 Å². The SMILES string of the molecule is CC(C)C[C@H](CC(=O)NO)C(=O)N[C@@H](Cc1c[nH]c2ccccc12)C(=O)NCCS(N)(=O)=O. The molecule has 2 rings (SSSR count). The normalized spacial score (nSPS) is 13.5. The molecule has 0 bridgehead atoms. The Morgan fingerprint density at radius 2 is 1.85 bits per heavy atom. The number of aromatic amines is 1. The highest BCUT2D eigenvalue weighted by Crippen LogP contribution is 2.20. The van der Waals surface area contributed by atoms with E-state index in [-0.39, 0.29) is 25.3 Å². The molecule has 182 valence electrons. The molecule has 0 fully saturated rings. The number of para-hydroxylation sites is 1. The third kappa shape index (κ3) is 8.48. The second-order valence-electron chi connectivity index (χ2n) is 8.35. The molecule has 1 aromatic carbocycles. The Morgan fingerprint density at radius 3 is 2.48 bits per heavy atom. The Hall–Kier alpha value is -2.96. The summed E-state index contributed by atoms with van der Waals surface area (Å²) in [6.07, 6.45) is 2.00. The van der Waals surface area contributed by atoms with Gasteiger partial charge in [-0.2, -0.15) is 0 Å². The number of nitrogens with two attached hydrogens (primary N) is 1. The van der Waals surface area contributed by atoms with Gasteiger partial charge in [-0.05, 0) is 24.0 Å². The van der Waals surface area contributed by atoms with Gasteiger partial charge >= 0.3 is 0 Å². The van der Waals surface area contributed by atoms with Gasteiger partial charge in [0.15, 0.2) is 0 Å². The van der Waals surface area contributed by atoms with Gasteiger partial charge in [0.2, 0.25) is 27.7 Å². The maximum absolute atomic E-state index is 13.0. The Morgan fingerprint density at radius 1 is 1.15 bits per heavy atom. The molecule has 12 heteroatoms. The van der Waals surface area contributed by atoms with E-state index in [1.807, 2.05) is 38.1 Å². The van der Waals surface area contributed by atoms with Gasteiger partial charge < -0.3 is 15.6 Å². The molecule has 2 atom stereocenters. The van der Waals surface area contributed by atoms with Gasteiger partial charge in [0.05, 0.1) is 5.75 Å². The van der Waals surface area contributed by atoms with Crippen LogP contribution in [0.25, 0.3) is 10.9 Å². The summed E-state index contributed by atoms with van der Waals surface area (Å²) in [5.41, 5.74) is 3.18. The lowest BCUT2D eigenvalue weighted by molar-refractivity contribution is -0.136. The van der Waals surface area contributed by atoms with E-state index >= 15 is 0 Å². The number of hydroxylamine groups is 1. The summed E-state index contributed by atoms with van der Waals surface area (Å²) in [5.74, 6) is -2.92. The van der Waals surface area contributed by atoms with Crippen molar-refractivity contribution in [3.8, 4) is 0 Å². The van der Waals surface area contributed by atoms with E-state index in [1.165, 1.54) is 5.48 Å². The molecule has 0 saturated carbocycles. The maximum atomic E-state index is 13.0. The van der Waals surface area contributed by atoms with E-state index in [0.29, 0.717) is 6.42 Å². The summed E-state index contributed by atoms with van der Waals surface area (Å²) in [5, 5.41) is 19.9. The van der Waals surface area contributed by atoms with Crippen molar-refractivity contribution >= 4 is 38.6 Å². The molecule has 33 heavy (non-hydrogen) atoms. The van der Waals surface area contributed by atoms with Crippen LogP contribution in [0, 0.1) is 11.8 Å². The molecule has 0 radical (unpaired) electrons. The Kier molecular flexibility index (Phi) is 9.38. The summed E-state index contributed by atoms with van der Waals surface area (Å²) in [6.45, 7) is 3.57. The summed E-state index contributed by atoms with van der Waals surface area (Å²) < 4.78 is 22.4. The second kappa shape index (κ2) is 11.8. The van der Waals surface area contributed by atoms with Crippen molar-refractivity contribution in [3.63, 3.8) is 0 Å². The molecular formula is C21H31N5O6S. The van der Waals surface area contributed by atoms with Crippen LogP contribution < -0.4 is 21.3 Å². The third-order valence-corrected chi connectivity index (χ3v) is 5.87. The quantitative estimate of drug-likeness (QED) is 0.185. The highest BCUT2D eigenvalue weighted by molar-refractivity contribution is 7.89. The summed E-state index contributed by atoms with van der Waals surface area (Å²) >= 11 is 0. The van der Waals surface area contributed by atoms with Crippen molar-refractivity contribution in [1.82, 2.24) is 21.1 Å². The fraction of sp³-hybridized carbons (Fsp3) is 0.476. The van der Waals surface area contributed by atoms with Crippen LogP contribution in [-0.2, 0) is 30.8 Å². The molecule has 2 aromatic rings. The van der Waals surface area contributed by atoms with E-state index in [4.69, 9.17) is 10.3 Å². The third-order valence-electron chi connectivity index (χ3n) is 5.10. The van der Waals surface area contributed by atoms with Gasteiger partial charge in [0, 0.05) is 42.4 Å². The average molecular weight is 482 g/mol. The summed E-state index contributed by atoms with van der Waals surface area (Å²) in [7, 11) is -3.77. The number of fused-ring (bicyclic) bond motifs is 1. The number of aromatic nitrogens is 1. The van der Waals surface area contributed by atoms with Crippen LogP contribution in [-0.4, -0.2) is 54.7 Å². The molecule has 11 nitrogen and oxygen atoms in total. The lowest BCUT2D eigenvalue weighted by Crippen LogP contribution is -2.51. The number of hydrogen-bond acceptors (Lipinski definition) is 6. The Labute approximate surface area is 192 Å². The average Bonchev–Trinajstić information content (AvgIpc) is 3.14. The molecule has 0 aliphatic rings. The number of amides is 3. The molecule has 3 amide bonds. The van der Waals surface area contributed by atoms with Gasteiger partial charge in [0.1, 0.15) is 6.04 Å². The number of H-pyrrole nitrogens is 1. The number of primary sulfonamides is 1. The predicted molar refractivity (Wildman–Crippen MR) is 122 cm³/mol. The van der Waals surface area contributed by atoms with E-state index in [2.05, 4.69) is 15.6 Å². The number of sulfonamides is 1. The first-order chi connectivity index (χ1) is 15.5. The van der Waals surface area contributed by atoms with Gasteiger partial charge in [-0.25, -0.2) is 19.0 Å². The molecule has 7 N–H and O–H groups in total. The first kappa shape index (κ1) is 26.3. The fourth-order valence-corrected chi connectivity index (χ4v) is 3.97. The number of nitrogens with one attached hydrogen (secondary N) is 4. The minimum atomic E-state index is -3.77. The van der Waals surface area contributed by atoms with Crippen LogP contribution in [0.3, 0.4) is 0 Å². The van der Waals surface area contributed by atoms with Crippen LogP contribution in [0.2, 0.25) is 0 Å². The van der Waals surface area contributed by atoms with E-state index in [1.54, 1.807) is 6.20 Å². The zero-order chi connectivity index (χ0) is 24.6. The van der Waals surface area contributed by atoms with Gasteiger partial charge in [-0.3, -0.25) is 19.6 Å². The molecule has 0 aliphatic carbocycles. The first-order valence-electron chi connectivity index (χ1n) is 10.6. The number of benzene rings is 1. The number of hydrogen-bond donors (Lipinski definition) is 6. The van der Waals surface area contributed by atoms with Crippen molar-refractivity contribution in [2.75, 3.05) is 12.3 Å². The highest BCUT2D eigenvalue weighted by Gasteiger charge is 2.28. The number of carbonyl (C=O) groups excluding carboxylic acids is 3. The molecular weight excluding hydrogens is 450 g/mol. The van der Waals surface area contributed by atoms with Crippen molar-refractivity contribution in [2.45, 2.75) is 39.2 Å². The van der Waals surface area contributed by atoms with E-state index in [0.717, 1.165) is 16.5 Å². The van der Waals surface area contributed by atoms with Crippen molar-refractivity contribution in [2.24, 2.45) is 17.0 Å². The number of carbonyl (C=O) groups is 3. The first-order valence-corrected chi connectivity index (χ1v) is 12.3. The van der Waals surface area contributed by atoms with Crippen molar-refractivity contribution < 1.29 is 28.0 Å². The fourth-order valence-electron chi connectivity index (χ4n) is 3.58.